The first-order valence-electron chi connectivity index (χ1n) is 7.55. The summed E-state index contributed by atoms with van der Waals surface area (Å²) in [6.45, 7) is 1.07. The zero-order valence-electron chi connectivity index (χ0n) is 13.8. The number of carbonyl (C=O) groups is 2. The number of carbonyl (C=O) groups excluding carboxylic acids is 2. The molecule has 0 heterocycles. The van der Waals surface area contributed by atoms with Crippen LogP contribution in [0.15, 0.2) is 46.9 Å². The number of nitro groups is 1. The topological polar surface area (TPSA) is 111 Å². The van der Waals surface area contributed by atoms with Crippen molar-refractivity contribution in [3.8, 4) is 5.75 Å². The second-order valence-electron chi connectivity index (χ2n) is 5.30. The molecular formula is C17H16BrN3O5. The molecular weight excluding hydrogens is 406 g/mol. The summed E-state index contributed by atoms with van der Waals surface area (Å²) >= 11 is 3.31. The number of amides is 2. The van der Waals surface area contributed by atoms with E-state index in [1.165, 1.54) is 18.2 Å². The number of rotatable bonds is 7. The molecule has 2 amide bonds. The Morgan fingerprint density at radius 3 is 2.58 bits per heavy atom. The van der Waals surface area contributed by atoms with Gasteiger partial charge in [0.05, 0.1) is 17.2 Å². The minimum atomic E-state index is -0.491. The van der Waals surface area contributed by atoms with Gasteiger partial charge in [-0.15, -0.1) is 0 Å². The van der Waals surface area contributed by atoms with Crippen molar-refractivity contribution in [1.29, 1.82) is 0 Å². The van der Waals surface area contributed by atoms with Crippen LogP contribution in [0.25, 0.3) is 0 Å². The normalized spacial score (nSPS) is 10.1. The molecule has 2 N–H and O–H groups in total. The average molecular weight is 422 g/mol. The van der Waals surface area contributed by atoms with Crippen molar-refractivity contribution >= 4 is 39.1 Å². The second kappa shape index (κ2) is 8.95. The molecule has 0 saturated carbocycles. The van der Waals surface area contributed by atoms with E-state index in [1.807, 2.05) is 6.07 Å². The fourth-order valence-corrected chi connectivity index (χ4v) is 2.44. The van der Waals surface area contributed by atoms with Gasteiger partial charge in [-0.25, -0.2) is 0 Å². The van der Waals surface area contributed by atoms with E-state index in [4.69, 9.17) is 4.74 Å². The average Bonchev–Trinajstić information content (AvgIpc) is 2.60. The Kier molecular flexibility index (Phi) is 6.67. The van der Waals surface area contributed by atoms with Crippen molar-refractivity contribution < 1.29 is 19.2 Å². The molecule has 0 unspecified atom stereocenters. The van der Waals surface area contributed by atoms with E-state index >= 15 is 0 Å². The lowest BCUT2D eigenvalue weighted by Crippen LogP contribution is -2.35. The number of halogens is 1. The Balaban J connectivity index is 1.78. The first-order valence-corrected chi connectivity index (χ1v) is 8.35. The lowest BCUT2D eigenvalue weighted by molar-refractivity contribution is -0.385. The van der Waals surface area contributed by atoms with Crippen LogP contribution in [0, 0.1) is 17.0 Å². The number of hydrogen-bond donors (Lipinski definition) is 2. The molecule has 2 rings (SSSR count). The lowest BCUT2D eigenvalue weighted by Gasteiger charge is -2.09. The van der Waals surface area contributed by atoms with Crippen molar-refractivity contribution in [3.63, 3.8) is 0 Å². The van der Waals surface area contributed by atoms with Gasteiger partial charge in [-0.05, 0) is 47.1 Å². The molecule has 0 saturated heterocycles. The van der Waals surface area contributed by atoms with E-state index < -0.39 is 10.8 Å². The number of ether oxygens (including phenoxy) is 1. The molecule has 0 atom stereocenters. The summed E-state index contributed by atoms with van der Waals surface area (Å²) in [7, 11) is 0. The Labute approximate surface area is 157 Å². The van der Waals surface area contributed by atoms with Gasteiger partial charge in [0, 0.05) is 16.1 Å². The first kappa shape index (κ1) is 19.4. The predicted molar refractivity (Wildman–Crippen MR) is 99.1 cm³/mol. The SMILES string of the molecule is Cc1cc(OCC(=O)NCC(=O)Nc2ccccc2Br)ccc1[N+](=O)[O-]. The smallest absolute Gasteiger partial charge is 0.272 e. The van der Waals surface area contributed by atoms with E-state index in [0.717, 1.165) is 4.47 Å². The van der Waals surface area contributed by atoms with Crippen LogP contribution in [-0.2, 0) is 9.59 Å². The number of anilines is 1. The highest BCUT2D eigenvalue weighted by Crippen LogP contribution is 2.23. The van der Waals surface area contributed by atoms with E-state index in [-0.39, 0.29) is 24.7 Å². The number of nitro benzene ring substituents is 1. The second-order valence-corrected chi connectivity index (χ2v) is 6.15. The third-order valence-electron chi connectivity index (χ3n) is 3.33. The van der Waals surface area contributed by atoms with Crippen LogP contribution in [0.2, 0.25) is 0 Å². The largest absolute Gasteiger partial charge is 0.484 e. The zero-order chi connectivity index (χ0) is 19.1. The summed E-state index contributed by atoms with van der Waals surface area (Å²) < 4.78 is 6.01. The van der Waals surface area contributed by atoms with Crippen LogP contribution in [-0.4, -0.2) is 29.9 Å². The maximum absolute atomic E-state index is 11.8. The number of aryl methyl sites for hydroxylation is 1. The quantitative estimate of drug-likeness (QED) is 0.527. The molecule has 2 aromatic rings. The predicted octanol–water partition coefficient (Wildman–Crippen LogP) is 2.80. The summed E-state index contributed by atoms with van der Waals surface area (Å²) in [6, 6.07) is 11.3. The Bertz CT molecular complexity index is 841. The van der Waals surface area contributed by atoms with Crippen molar-refractivity contribution in [1.82, 2.24) is 5.32 Å². The molecule has 0 fully saturated rings. The van der Waals surface area contributed by atoms with E-state index in [1.54, 1.807) is 25.1 Å². The number of para-hydroxylation sites is 1. The van der Waals surface area contributed by atoms with Crippen molar-refractivity contribution in [2.24, 2.45) is 0 Å². The van der Waals surface area contributed by atoms with Gasteiger partial charge in [0.2, 0.25) is 5.91 Å². The van der Waals surface area contributed by atoms with Crippen molar-refractivity contribution in [2.75, 3.05) is 18.5 Å². The standard InChI is InChI=1S/C17H16BrN3O5/c1-11-8-12(6-7-15(11)21(24)25)26-10-17(23)19-9-16(22)20-14-5-3-2-4-13(14)18/h2-8H,9-10H2,1H3,(H,19,23)(H,20,22). The molecule has 0 radical (unpaired) electrons. The Morgan fingerprint density at radius 1 is 1.19 bits per heavy atom. The highest BCUT2D eigenvalue weighted by Gasteiger charge is 2.12. The molecule has 9 heteroatoms. The molecule has 0 aliphatic rings. The molecule has 26 heavy (non-hydrogen) atoms. The number of hydrogen-bond acceptors (Lipinski definition) is 5. The third-order valence-corrected chi connectivity index (χ3v) is 4.02. The van der Waals surface area contributed by atoms with Crippen molar-refractivity contribution in [3.05, 3.63) is 62.6 Å². The number of benzene rings is 2. The van der Waals surface area contributed by atoms with E-state index in [0.29, 0.717) is 17.0 Å². The van der Waals surface area contributed by atoms with Crippen LogP contribution in [0.5, 0.6) is 5.75 Å². The maximum atomic E-state index is 11.8. The molecule has 0 bridgehead atoms. The summed E-state index contributed by atoms with van der Waals surface area (Å²) in [5.74, 6) is -0.527. The number of nitrogens with zero attached hydrogens (tertiary/aromatic N) is 1. The molecule has 0 aliphatic carbocycles. The molecule has 136 valence electrons. The monoisotopic (exact) mass is 421 g/mol. The molecule has 0 spiro atoms. The van der Waals surface area contributed by atoms with Gasteiger partial charge in [0.25, 0.3) is 11.6 Å². The highest BCUT2D eigenvalue weighted by atomic mass is 79.9. The summed E-state index contributed by atoms with van der Waals surface area (Å²) in [5, 5.41) is 15.9. The minimum absolute atomic E-state index is 0.0226. The van der Waals surface area contributed by atoms with Gasteiger partial charge in [-0.2, -0.15) is 0 Å². The Hall–Kier alpha value is -2.94. The van der Waals surface area contributed by atoms with E-state index in [2.05, 4.69) is 26.6 Å². The van der Waals surface area contributed by atoms with Gasteiger partial charge in [0.15, 0.2) is 6.61 Å². The van der Waals surface area contributed by atoms with Gasteiger partial charge < -0.3 is 15.4 Å². The van der Waals surface area contributed by atoms with Crippen LogP contribution >= 0.6 is 15.9 Å². The lowest BCUT2D eigenvalue weighted by atomic mass is 10.2. The molecule has 0 aromatic heterocycles. The number of nitrogens with one attached hydrogen (secondary N) is 2. The van der Waals surface area contributed by atoms with Gasteiger partial charge in [-0.1, -0.05) is 12.1 Å². The van der Waals surface area contributed by atoms with Gasteiger partial charge in [0.1, 0.15) is 5.75 Å². The van der Waals surface area contributed by atoms with Crippen LogP contribution < -0.4 is 15.4 Å². The summed E-state index contributed by atoms with van der Waals surface area (Å²) in [4.78, 5) is 33.9. The zero-order valence-corrected chi connectivity index (χ0v) is 15.4. The van der Waals surface area contributed by atoms with Crippen LogP contribution in [0.4, 0.5) is 11.4 Å². The summed E-state index contributed by atoms with van der Waals surface area (Å²) in [6.07, 6.45) is 0. The molecule has 0 aliphatic heterocycles. The first-order chi connectivity index (χ1) is 12.4. The molecule has 2 aromatic carbocycles. The summed E-state index contributed by atoms with van der Waals surface area (Å²) in [5.41, 5.74) is 1.01. The fourth-order valence-electron chi connectivity index (χ4n) is 2.06. The highest BCUT2D eigenvalue weighted by molar-refractivity contribution is 9.10. The van der Waals surface area contributed by atoms with Crippen LogP contribution in [0.1, 0.15) is 5.56 Å². The van der Waals surface area contributed by atoms with Crippen molar-refractivity contribution in [2.45, 2.75) is 6.92 Å². The molecule has 8 nitrogen and oxygen atoms in total. The van der Waals surface area contributed by atoms with Crippen LogP contribution in [0.3, 0.4) is 0 Å². The minimum Gasteiger partial charge on any atom is -0.484 e. The third kappa shape index (κ3) is 5.55. The van der Waals surface area contributed by atoms with Gasteiger partial charge in [-0.3, -0.25) is 19.7 Å². The fraction of sp³-hybridized carbons (Fsp3) is 0.176. The van der Waals surface area contributed by atoms with Gasteiger partial charge >= 0.3 is 0 Å². The Morgan fingerprint density at radius 2 is 1.92 bits per heavy atom. The maximum Gasteiger partial charge on any atom is 0.272 e. The van der Waals surface area contributed by atoms with E-state index in [9.17, 15) is 19.7 Å².